The van der Waals surface area contributed by atoms with Crippen molar-refractivity contribution in [1.82, 2.24) is 5.32 Å². The van der Waals surface area contributed by atoms with Crippen molar-refractivity contribution in [2.45, 2.75) is 38.6 Å². The second kappa shape index (κ2) is 7.06. The fourth-order valence-electron chi connectivity index (χ4n) is 2.26. The van der Waals surface area contributed by atoms with E-state index in [9.17, 15) is 4.79 Å². The molecule has 104 valence electrons. The number of nitrogens with one attached hydrogen (secondary N) is 1. The third-order valence-electron chi connectivity index (χ3n) is 3.30. The molecular weight excluding hydrogens is 306 g/mol. The molecule has 1 N–H and O–H groups in total. The molecule has 1 aliphatic heterocycles. The molecule has 1 unspecified atom stereocenters. The molecule has 0 bridgehead atoms. The zero-order valence-corrected chi connectivity index (χ0v) is 12.8. The number of hydrogen-bond donors (Lipinski definition) is 1. The second-order valence-corrected chi connectivity index (χ2v) is 5.71. The van der Waals surface area contributed by atoms with Crippen LogP contribution in [0, 0.1) is 0 Å². The van der Waals surface area contributed by atoms with Crippen LogP contribution in [0.15, 0.2) is 22.7 Å². The van der Waals surface area contributed by atoms with Gasteiger partial charge in [0, 0.05) is 5.56 Å². The highest BCUT2D eigenvalue weighted by atomic mass is 79.9. The average Bonchev–Trinajstić information content (AvgIpc) is 2.46. The van der Waals surface area contributed by atoms with Gasteiger partial charge in [0.15, 0.2) is 5.78 Å². The molecule has 1 heterocycles. The molecule has 1 fully saturated rings. The van der Waals surface area contributed by atoms with E-state index in [4.69, 9.17) is 4.74 Å². The lowest BCUT2D eigenvalue weighted by atomic mass is 9.96. The van der Waals surface area contributed by atoms with Crippen LogP contribution in [0.5, 0.6) is 5.75 Å². The summed E-state index contributed by atoms with van der Waals surface area (Å²) < 4.78 is 6.44. The Bertz CT molecular complexity index is 442. The van der Waals surface area contributed by atoms with Crippen molar-refractivity contribution in [3.8, 4) is 5.75 Å². The molecule has 2 rings (SSSR count). The fraction of sp³-hybridized carbons (Fsp3) is 0.533. The average molecular weight is 326 g/mol. The van der Waals surface area contributed by atoms with E-state index >= 15 is 0 Å². The minimum atomic E-state index is -0.0249. The van der Waals surface area contributed by atoms with Gasteiger partial charge >= 0.3 is 0 Å². The highest BCUT2D eigenvalue weighted by molar-refractivity contribution is 9.10. The topological polar surface area (TPSA) is 38.3 Å². The summed E-state index contributed by atoms with van der Waals surface area (Å²) in [6, 6.07) is 5.57. The number of ketones is 1. The first kappa shape index (κ1) is 14.5. The molecule has 19 heavy (non-hydrogen) atoms. The Morgan fingerprint density at radius 1 is 1.47 bits per heavy atom. The molecule has 1 aromatic rings. The van der Waals surface area contributed by atoms with E-state index in [-0.39, 0.29) is 11.8 Å². The molecule has 0 spiro atoms. The summed E-state index contributed by atoms with van der Waals surface area (Å²) in [5.41, 5.74) is 0.745. The van der Waals surface area contributed by atoms with Crippen LogP contribution in [-0.4, -0.2) is 25.0 Å². The van der Waals surface area contributed by atoms with Crippen LogP contribution < -0.4 is 10.1 Å². The SMILES string of the molecule is CCCOc1ccc(C(=O)C2CCCCN2)cc1Br. The van der Waals surface area contributed by atoms with E-state index in [2.05, 4.69) is 28.2 Å². The first-order chi connectivity index (χ1) is 9.22. The van der Waals surface area contributed by atoms with Crippen LogP contribution >= 0.6 is 15.9 Å². The Morgan fingerprint density at radius 2 is 2.32 bits per heavy atom. The van der Waals surface area contributed by atoms with Crippen molar-refractivity contribution in [2.24, 2.45) is 0 Å². The van der Waals surface area contributed by atoms with Crippen molar-refractivity contribution in [1.29, 1.82) is 0 Å². The quantitative estimate of drug-likeness (QED) is 0.841. The van der Waals surface area contributed by atoms with Gasteiger partial charge in [0.25, 0.3) is 0 Å². The molecular formula is C15H20BrNO2. The smallest absolute Gasteiger partial charge is 0.179 e. The fourth-order valence-corrected chi connectivity index (χ4v) is 2.75. The van der Waals surface area contributed by atoms with E-state index in [1.807, 2.05) is 18.2 Å². The zero-order chi connectivity index (χ0) is 13.7. The van der Waals surface area contributed by atoms with E-state index in [0.29, 0.717) is 6.61 Å². The van der Waals surface area contributed by atoms with Gasteiger partial charge in [-0.25, -0.2) is 0 Å². The maximum Gasteiger partial charge on any atom is 0.179 e. The third kappa shape index (κ3) is 3.80. The minimum absolute atomic E-state index is 0.0249. The van der Waals surface area contributed by atoms with Crippen LogP contribution in [0.1, 0.15) is 43.0 Å². The van der Waals surface area contributed by atoms with Crippen LogP contribution in [0.2, 0.25) is 0 Å². The summed E-state index contributed by atoms with van der Waals surface area (Å²) in [6.07, 6.45) is 4.20. The number of Topliss-reactive ketones (excluding diaryl/α,β-unsaturated/α-hetero) is 1. The summed E-state index contributed by atoms with van der Waals surface area (Å²) in [5, 5.41) is 3.29. The summed E-state index contributed by atoms with van der Waals surface area (Å²) >= 11 is 3.47. The highest BCUT2D eigenvalue weighted by Gasteiger charge is 2.22. The van der Waals surface area contributed by atoms with Crippen LogP contribution in [0.4, 0.5) is 0 Å². The molecule has 1 aromatic carbocycles. The number of hydrogen-bond acceptors (Lipinski definition) is 3. The van der Waals surface area contributed by atoms with Gasteiger partial charge in [-0.3, -0.25) is 4.79 Å². The molecule has 1 aliphatic rings. The van der Waals surface area contributed by atoms with Gasteiger partial charge in [-0.15, -0.1) is 0 Å². The van der Waals surface area contributed by atoms with Gasteiger partial charge in [-0.05, 0) is 59.9 Å². The maximum atomic E-state index is 12.4. The lowest BCUT2D eigenvalue weighted by molar-refractivity contribution is 0.0927. The molecule has 0 radical (unpaired) electrons. The molecule has 1 atom stereocenters. The Kier molecular flexibility index (Phi) is 5.40. The Balaban J connectivity index is 2.07. The Labute approximate surface area is 122 Å². The first-order valence-electron chi connectivity index (χ1n) is 6.92. The monoisotopic (exact) mass is 325 g/mol. The van der Waals surface area contributed by atoms with Gasteiger partial charge in [0.05, 0.1) is 17.1 Å². The van der Waals surface area contributed by atoms with Gasteiger partial charge in [-0.1, -0.05) is 13.3 Å². The summed E-state index contributed by atoms with van der Waals surface area (Å²) in [7, 11) is 0. The van der Waals surface area contributed by atoms with Gasteiger partial charge < -0.3 is 10.1 Å². The standard InChI is InChI=1S/C15H20BrNO2/c1-2-9-19-14-7-6-11(10-12(14)16)15(18)13-5-3-4-8-17-13/h6-7,10,13,17H,2-5,8-9H2,1H3. The molecule has 0 aliphatic carbocycles. The van der Waals surface area contributed by atoms with E-state index < -0.39 is 0 Å². The summed E-state index contributed by atoms with van der Waals surface area (Å²) in [6.45, 7) is 3.70. The van der Waals surface area contributed by atoms with Crippen molar-refractivity contribution >= 4 is 21.7 Å². The van der Waals surface area contributed by atoms with E-state index in [1.54, 1.807) is 0 Å². The lowest BCUT2D eigenvalue weighted by Gasteiger charge is -2.22. The van der Waals surface area contributed by atoms with Crippen LogP contribution in [0.3, 0.4) is 0 Å². The number of carbonyl (C=O) groups excluding carboxylic acids is 1. The molecule has 0 amide bonds. The van der Waals surface area contributed by atoms with Crippen molar-refractivity contribution < 1.29 is 9.53 Å². The number of carbonyl (C=O) groups is 1. The number of benzene rings is 1. The molecule has 0 aromatic heterocycles. The number of rotatable bonds is 5. The molecule has 0 saturated carbocycles. The normalized spacial score (nSPS) is 19.2. The maximum absolute atomic E-state index is 12.4. The van der Waals surface area contributed by atoms with Gasteiger partial charge in [0.1, 0.15) is 5.75 Å². The van der Waals surface area contributed by atoms with E-state index in [1.165, 1.54) is 0 Å². The van der Waals surface area contributed by atoms with Gasteiger partial charge in [-0.2, -0.15) is 0 Å². The Morgan fingerprint density at radius 3 is 2.95 bits per heavy atom. The largest absolute Gasteiger partial charge is 0.492 e. The summed E-state index contributed by atoms with van der Waals surface area (Å²) in [5.74, 6) is 0.984. The zero-order valence-electron chi connectivity index (χ0n) is 11.2. The van der Waals surface area contributed by atoms with Gasteiger partial charge in [0.2, 0.25) is 0 Å². The molecule has 1 saturated heterocycles. The van der Waals surface area contributed by atoms with Crippen LogP contribution in [0.25, 0.3) is 0 Å². The minimum Gasteiger partial charge on any atom is -0.492 e. The lowest BCUT2D eigenvalue weighted by Crippen LogP contribution is -2.40. The summed E-state index contributed by atoms with van der Waals surface area (Å²) in [4.78, 5) is 12.4. The molecule has 4 heteroatoms. The van der Waals surface area contributed by atoms with Crippen molar-refractivity contribution in [2.75, 3.05) is 13.2 Å². The van der Waals surface area contributed by atoms with E-state index in [0.717, 1.165) is 48.0 Å². The molecule has 3 nitrogen and oxygen atoms in total. The predicted octanol–water partition coefficient (Wildman–Crippen LogP) is 3.56. The van der Waals surface area contributed by atoms with Crippen molar-refractivity contribution in [3.05, 3.63) is 28.2 Å². The number of ether oxygens (including phenoxy) is 1. The van der Waals surface area contributed by atoms with Crippen molar-refractivity contribution in [3.63, 3.8) is 0 Å². The Hall–Kier alpha value is -0.870. The predicted molar refractivity (Wildman–Crippen MR) is 79.9 cm³/mol. The van der Waals surface area contributed by atoms with Crippen LogP contribution in [-0.2, 0) is 0 Å². The first-order valence-corrected chi connectivity index (χ1v) is 7.71. The third-order valence-corrected chi connectivity index (χ3v) is 3.92. The number of halogens is 1. The second-order valence-electron chi connectivity index (χ2n) is 4.86. The highest BCUT2D eigenvalue weighted by Crippen LogP contribution is 2.27. The number of piperidine rings is 1.